The summed E-state index contributed by atoms with van der Waals surface area (Å²) in [5.74, 6) is 0. The van der Waals surface area contributed by atoms with Crippen LogP contribution in [0.15, 0.2) is 120 Å². The SMILES string of the molecule is [Cl-].[N-]=[N+]=Nc1ccc([P+](c2ccccc2)(c2ccccc2)c2ccccc2)cc1. The van der Waals surface area contributed by atoms with Gasteiger partial charge in [0.2, 0.25) is 0 Å². The average Bonchev–Trinajstić information content (AvgIpc) is 2.78. The number of benzene rings is 4. The molecule has 0 unspecified atom stereocenters. The third-order valence-corrected chi connectivity index (χ3v) is 9.12. The third kappa shape index (κ3) is 3.90. The van der Waals surface area contributed by atoms with Crippen molar-refractivity contribution in [3.63, 3.8) is 0 Å². The van der Waals surface area contributed by atoms with Crippen LogP contribution in [-0.2, 0) is 0 Å². The van der Waals surface area contributed by atoms with Crippen LogP contribution in [0.5, 0.6) is 0 Å². The van der Waals surface area contributed by atoms with Crippen LogP contribution >= 0.6 is 7.26 Å². The summed E-state index contributed by atoms with van der Waals surface area (Å²) < 4.78 is 0. The van der Waals surface area contributed by atoms with E-state index >= 15 is 0 Å². The normalized spacial score (nSPS) is 10.5. The van der Waals surface area contributed by atoms with E-state index in [2.05, 4.69) is 113 Å². The molecule has 0 bridgehead atoms. The molecule has 4 aromatic carbocycles. The summed E-state index contributed by atoms with van der Waals surface area (Å²) in [4.78, 5) is 2.91. The summed E-state index contributed by atoms with van der Waals surface area (Å²) in [7, 11) is -2.08. The predicted octanol–water partition coefficient (Wildman–Crippen LogP) is 2.25. The first-order chi connectivity index (χ1) is 13.9. The maximum atomic E-state index is 8.75. The smallest absolute Gasteiger partial charge is 0.144 e. The lowest BCUT2D eigenvalue weighted by molar-refractivity contribution is -0.00000541. The van der Waals surface area contributed by atoms with Gasteiger partial charge in [-0.3, -0.25) is 0 Å². The lowest BCUT2D eigenvalue weighted by atomic mass is 10.3. The van der Waals surface area contributed by atoms with E-state index in [-0.39, 0.29) is 12.4 Å². The second-order valence-corrected chi connectivity index (χ2v) is 9.79. The minimum atomic E-state index is -2.08. The molecule has 0 saturated heterocycles. The number of hydrogen-bond acceptors (Lipinski definition) is 1. The first-order valence-corrected chi connectivity index (χ1v) is 10.9. The predicted molar refractivity (Wildman–Crippen MR) is 120 cm³/mol. The van der Waals surface area contributed by atoms with Crippen LogP contribution in [0.1, 0.15) is 0 Å². The van der Waals surface area contributed by atoms with Crippen LogP contribution in [-0.4, -0.2) is 0 Å². The number of hydrogen-bond donors (Lipinski definition) is 0. The summed E-state index contributed by atoms with van der Waals surface area (Å²) in [6, 6.07) is 40.1. The molecular weight excluding hydrogens is 397 g/mol. The molecule has 0 spiro atoms. The first kappa shape index (κ1) is 20.6. The molecule has 0 atom stereocenters. The number of nitrogens with zero attached hydrogens (tertiary/aromatic N) is 3. The molecule has 0 N–H and O–H groups in total. The molecule has 142 valence electrons. The highest BCUT2D eigenvalue weighted by molar-refractivity contribution is 8.01. The van der Waals surface area contributed by atoms with Crippen LogP contribution in [0.3, 0.4) is 0 Å². The Morgan fingerprint density at radius 2 is 0.862 bits per heavy atom. The minimum Gasteiger partial charge on any atom is -1.00 e. The van der Waals surface area contributed by atoms with E-state index in [9.17, 15) is 0 Å². The van der Waals surface area contributed by atoms with Crippen LogP contribution in [0, 0.1) is 0 Å². The molecule has 29 heavy (non-hydrogen) atoms. The van der Waals surface area contributed by atoms with Crippen molar-refractivity contribution in [2.75, 3.05) is 0 Å². The summed E-state index contributed by atoms with van der Waals surface area (Å²) in [6.45, 7) is 0. The molecule has 0 amide bonds. The maximum Gasteiger partial charge on any atom is 0.144 e. The zero-order valence-electron chi connectivity index (χ0n) is 15.6. The summed E-state index contributed by atoms with van der Waals surface area (Å²) in [5, 5.41) is 8.86. The van der Waals surface area contributed by atoms with Crippen molar-refractivity contribution >= 4 is 34.2 Å². The molecule has 0 aliphatic carbocycles. The summed E-state index contributed by atoms with van der Waals surface area (Å²) in [5.41, 5.74) is 9.37. The van der Waals surface area contributed by atoms with Gasteiger partial charge in [0.25, 0.3) is 0 Å². The molecule has 0 aliphatic rings. The molecule has 0 fully saturated rings. The van der Waals surface area contributed by atoms with Gasteiger partial charge in [-0.15, -0.1) is 0 Å². The van der Waals surface area contributed by atoms with Gasteiger partial charge in [0.05, 0.1) is 0 Å². The molecule has 0 saturated carbocycles. The molecule has 4 rings (SSSR count). The van der Waals surface area contributed by atoms with Crippen molar-refractivity contribution < 1.29 is 12.4 Å². The fourth-order valence-corrected chi connectivity index (χ4v) is 7.89. The van der Waals surface area contributed by atoms with E-state index in [0.29, 0.717) is 5.69 Å². The van der Waals surface area contributed by atoms with E-state index in [1.54, 1.807) is 0 Å². The van der Waals surface area contributed by atoms with Gasteiger partial charge in [-0.2, -0.15) is 0 Å². The van der Waals surface area contributed by atoms with E-state index in [1.165, 1.54) is 21.2 Å². The van der Waals surface area contributed by atoms with Gasteiger partial charge < -0.3 is 12.4 Å². The van der Waals surface area contributed by atoms with E-state index in [4.69, 9.17) is 5.53 Å². The molecule has 3 nitrogen and oxygen atoms in total. The Morgan fingerprint density at radius 3 is 1.21 bits per heavy atom. The minimum absolute atomic E-state index is 0. The summed E-state index contributed by atoms with van der Waals surface area (Å²) in [6.07, 6.45) is 0. The molecule has 0 heterocycles. The van der Waals surface area contributed by atoms with E-state index in [1.807, 2.05) is 12.1 Å². The quantitative estimate of drug-likeness (QED) is 0.208. The van der Waals surface area contributed by atoms with Gasteiger partial charge in [-0.1, -0.05) is 59.7 Å². The van der Waals surface area contributed by atoms with E-state index < -0.39 is 7.26 Å². The lowest BCUT2D eigenvalue weighted by Gasteiger charge is -2.27. The highest BCUT2D eigenvalue weighted by Gasteiger charge is 2.47. The van der Waals surface area contributed by atoms with Crippen LogP contribution in [0.2, 0.25) is 0 Å². The van der Waals surface area contributed by atoms with Crippen molar-refractivity contribution in [1.82, 2.24) is 0 Å². The van der Waals surface area contributed by atoms with Crippen molar-refractivity contribution in [2.45, 2.75) is 0 Å². The van der Waals surface area contributed by atoms with Gasteiger partial charge in [-0.25, -0.2) is 0 Å². The Hall–Kier alpha value is -3.09. The van der Waals surface area contributed by atoms with Crippen molar-refractivity contribution in [1.29, 1.82) is 0 Å². The largest absolute Gasteiger partial charge is 1.00 e. The molecule has 0 radical (unpaired) electrons. The highest BCUT2D eigenvalue weighted by atomic mass is 35.5. The lowest BCUT2D eigenvalue weighted by Crippen LogP contribution is -3.00. The Bertz CT molecular complexity index is 999. The second-order valence-electron chi connectivity index (χ2n) is 6.38. The third-order valence-electron chi connectivity index (χ3n) is 4.83. The van der Waals surface area contributed by atoms with Crippen LogP contribution in [0.25, 0.3) is 10.4 Å². The molecular formula is C24H19ClN3P. The monoisotopic (exact) mass is 415 g/mol. The second kappa shape index (κ2) is 9.41. The standard InChI is InChI=1S/C24H19N3P.ClH/c25-27-26-20-16-18-24(19-17-20)28(21-10-4-1-5-11-21,22-12-6-2-7-13-22)23-14-8-3-9-15-23;/h1-19H;1H/q+1;/p-1. The molecule has 0 aliphatic heterocycles. The Kier molecular flexibility index (Phi) is 6.69. The number of rotatable bonds is 5. The zero-order chi connectivity index (χ0) is 19.2. The molecule has 0 aromatic heterocycles. The average molecular weight is 416 g/mol. The van der Waals surface area contributed by atoms with Gasteiger partial charge in [-0.05, 0) is 66.2 Å². The van der Waals surface area contributed by atoms with Crippen molar-refractivity contribution in [2.24, 2.45) is 5.11 Å². The van der Waals surface area contributed by atoms with Gasteiger partial charge in [0.15, 0.2) is 0 Å². The fourth-order valence-electron chi connectivity index (χ4n) is 3.64. The maximum absolute atomic E-state index is 8.75. The molecule has 4 aromatic rings. The van der Waals surface area contributed by atoms with E-state index in [0.717, 1.165) is 0 Å². The fraction of sp³-hybridized carbons (Fsp3) is 0. The Morgan fingerprint density at radius 1 is 0.517 bits per heavy atom. The first-order valence-electron chi connectivity index (χ1n) is 9.07. The van der Waals surface area contributed by atoms with Gasteiger partial charge in [0, 0.05) is 10.6 Å². The van der Waals surface area contributed by atoms with Crippen LogP contribution in [0.4, 0.5) is 5.69 Å². The number of halogens is 1. The Labute approximate surface area is 177 Å². The van der Waals surface area contributed by atoms with Crippen molar-refractivity contribution in [3.05, 3.63) is 126 Å². The van der Waals surface area contributed by atoms with Gasteiger partial charge >= 0.3 is 0 Å². The highest BCUT2D eigenvalue weighted by Crippen LogP contribution is 2.54. The zero-order valence-corrected chi connectivity index (χ0v) is 17.3. The summed E-state index contributed by atoms with van der Waals surface area (Å²) >= 11 is 0. The van der Waals surface area contributed by atoms with Crippen molar-refractivity contribution in [3.8, 4) is 0 Å². The molecule has 5 heteroatoms. The number of azide groups is 1. The topological polar surface area (TPSA) is 48.8 Å². The Balaban J connectivity index is 0.00000240. The van der Waals surface area contributed by atoms with Gasteiger partial charge in [0.1, 0.15) is 28.5 Å². The van der Waals surface area contributed by atoms with Crippen LogP contribution < -0.4 is 33.6 Å².